The van der Waals surface area contributed by atoms with Gasteiger partial charge in [0.1, 0.15) is 17.2 Å². The molecule has 23 heavy (non-hydrogen) atoms. The van der Waals surface area contributed by atoms with Crippen molar-refractivity contribution in [1.82, 2.24) is 10.2 Å². The van der Waals surface area contributed by atoms with Crippen LogP contribution < -0.4 is 5.32 Å². The summed E-state index contributed by atoms with van der Waals surface area (Å²) in [5.41, 5.74) is 1.10. The second-order valence-electron chi connectivity index (χ2n) is 4.90. The molecule has 1 fully saturated rings. The van der Waals surface area contributed by atoms with Crippen molar-refractivity contribution in [3.8, 4) is 11.3 Å². The fourth-order valence-electron chi connectivity index (χ4n) is 2.24. The van der Waals surface area contributed by atoms with Crippen molar-refractivity contribution in [1.29, 1.82) is 0 Å². The summed E-state index contributed by atoms with van der Waals surface area (Å²) in [4.78, 5) is 24.9. The number of amides is 3. The monoisotopic (exact) mass is 372 g/mol. The minimum Gasteiger partial charge on any atom is -0.457 e. The molecule has 1 aliphatic heterocycles. The van der Waals surface area contributed by atoms with Crippen LogP contribution in [0.3, 0.4) is 0 Å². The fourth-order valence-corrected chi connectivity index (χ4v) is 2.64. The third-order valence-corrected chi connectivity index (χ3v) is 3.79. The van der Waals surface area contributed by atoms with Crippen molar-refractivity contribution in [2.75, 3.05) is 6.54 Å². The van der Waals surface area contributed by atoms with Gasteiger partial charge in [0, 0.05) is 22.7 Å². The van der Waals surface area contributed by atoms with Crippen molar-refractivity contribution in [3.63, 3.8) is 0 Å². The Bertz CT molecular complexity index is 823. The van der Waals surface area contributed by atoms with E-state index in [2.05, 4.69) is 27.8 Å². The molecule has 116 valence electrons. The molecule has 0 atom stereocenters. The summed E-state index contributed by atoms with van der Waals surface area (Å²) in [5, 5.41) is 2.53. The summed E-state index contributed by atoms with van der Waals surface area (Å²) < 4.78 is 6.67. The number of imide groups is 1. The highest BCUT2D eigenvalue weighted by atomic mass is 79.9. The van der Waals surface area contributed by atoms with Crippen LogP contribution >= 0.6 is 15.9 Å². The molecular weight excluding hydrogens is 360 g/mol. The molecule has 0 spiro atoms. The molecule has 1 saturated heterocycles. The number of benzene rings is 1. The lowest BCUT2D eigenvalue weighted by molar-refractivity contribution is -0.122. The Morgan fingerprint density at radius 3 is 2.83 bits per heavy atom. The average molecular weight is 373 g/mol. The molecule has 5 nitrogen and oxygen atoms in total. The Labute approximate surface area is 141 Å². The molecule has 6 heteroatoms. The van der Waals surface area contributed by atoms with Crippen LogP contribution in [0.25, 0.3) is 17.4 Å². The second-order valence-corrected chi connectivity index (χ2v) is 5.82. The minimum atomic E-state index is -0.458. The van der Waals surface area contributed by atoms with Gasteiger partial charge in [-0.05, 0) is 24.3 Å². The molecule has 0 bridgehead atoms. The lowest BCUT2D eigenvalue weighted by atomic mass is 10.2. The normalized spacial score (nSPS) is 16.0. The van der Waals surface area contributed by atoms with Crippen LogP contribution in [0.5, 0.6) is 0 Å². The maximum atomic E-state index is 12.1. The van der Waals surface area contributed by atoms with Gasteiger partial charge in [0.2, 0.25) is 0 Å². The predicted molar refractivity (Wildman–Crippen MR) is 90.3 cm³/mol. The number of furan rings is 1. The first kappa shape index (κ1) is 15.3. The Morgan fingerprint density at radius 1 is 1.26 bits per heavy atom. The first-order valence-electron chi connectivity index (χ1n) is 6.89. The predicted octanol–water partition coefficient (Wildman–Crippen LogP) is 3.79. The van der Waals surface area contributed by atoms with E-state index >= 15 is 0 Å². The fraction of sp³-hybridized carbons (Fsp3) is 0.0588. The smallest absolute Gasteiger partial charge is 0.329 e. The van der Waals surface area contributed by atoms with Crippen LogP contribution in [0, 0.1) is 0 Å². The van der Waals surface area contributed by atoms with Crippen LogP contribution in [0.15, 0.2) is 63.6 Å². The summed E-state index contributed by atoms with van der Waals surface area (Å²) in [6, 6.07) is 10.8. The van der Waals surface area contributed by atoms with E-state index in [0.29, 0.717) is 11.5 Å². The van der Waals surface area contributed by atoms with E-state index in [9.17, 15) is 9.59 Å². The minimum absolute atomic E-state index is 0.170. The van der Waals surface area contributed by atoms with Gasteiger partial charge in [-0.1, -0.05) is 34.1 Å². The van der Waals surface area contributed by atoms with Gasteiger partial charge in [0.15, 0.2) is 0 Å². The van der Waals surface area contributed by atoms with E-state index in [1.54, 1.807) is 6.07 Å². The largest absolute Gasteiger partial charge is 0.457 e. The highest BCUT2D eigenvalue weighted by Gasteiger charge is 2.32. The van der Waals surface area contributed by atoms with Crippen molar-refractivity contribution in [3.05, 3.63) is 65.0 Å². The standard InChI is InChI=1S/C17H13BrN2O3/c1-2-8-20-16(21)14(19-17(20)22)10-13-6-7-15(23-13)11-4-3-5-12(18)9-11/h2-7,9-10H,1,8H2,(H,19,22)/b14-10-. The lowest BCUT2D eigenvalue weighted by Gasteiger charge is -2.06. The number of nitrogens with one attached hydrogen (secondary N) is 1. The van der Waals surface area contributed by atoms with Gasteiger partial charge in [-0.25, -0.2) is 4.79 Å². The average Bonchev–Trinajstić information content (AvgIpc) is 3.09. The second kappa shape index (κ2) is 6.26. The topological polar surface area (TPSA) is 62.6 Å². The molecule has 0 unspecified atom stereocenters. The molecule has 3 amide bonds. The summed E-state index contributed by atoms with van der Waals surface area (Å²) >= 11 is 3.41. The Hall–Kier alpha value is -2.60. The van der Waals surface area contributed by atoms with Crippen molar-refractivity contribution in [2.45, 2.75) is 0 Å². The molecule has 0 saturated carbocycles. The highest BCUT2D eigenvalue weighted by molar-refractivity contribution is 9.10. The number of halogens is 1. The zero-order valence-electron chi connectivity index (χ0n) is 12.1. The van der Waals surface area contributed by atoms with E-state index in [1.807, 2.05) is 30.3 Å². The molecular formula is C17H13BrN2O3. The van der Waals surface area contributed by atoms with Gasteiger partial charge < -0.3 is 9.73 Å². The third kappa shape index (κ3) is 3.12. The van der Waals surface area contributed by atoms with Gasteiger partial charge in [-0.15, -0.1) is 6.58 Å². The number of carbonyl (C=O) groups excluding carboxylic acids is 2. The molecule has 0 radical (unpaired) electrons. The summed E-state index contributed by atoms with van der Waals surface area (Å²) in [7, 11) is 0. The Kier molecular flexibility index (Phi) is 4.16. The summed E-state index contributed by atoms with van der Waals surface area (Å²) in [6.45, 7) is 3.70. The number of carbonyl (C=O) groups is 2. The van der Waals surface area contributed by atoms with Crippen LogP contribution in [-0.2, 0) is 4.79 Å². The lowest BCUT2D eigenvalue weighted by Crippen LogP contribution is -2.30. The molecule has 3 rings (SSSR count). The van der Waals surface area contributed by atoms with Gasteiger partial charge in [0.05, 0.1) is 0 Å². The molecule has 1 aromatic heterocycles. The summed E-state index contributed by atoms with van der Waals surface area (Å²) in [5.74, 6) is 0.775. The Balaban J connectivity index is 1.85. The Morgan fingerprint density at radius 2 is 2.09 bits per heavy atom. The molecule has 2 aromatic rings. The van der Waals surface area contributed by atoms with Crippen LogP contribution in [-0.4, -0.2) is 23.4 Å². The van der Waals surface area contributed by atoms with E-state index < -0.39 is 11.9 Å². The molecule has 0 aliphatic carbocycles. The molecule has 1 aromatic carbocycles. The van der Waals surface area contributed by atoms with E-state index in [-0.39, 0.29) is 12.2 Å². The summed E-state index contributed by atoms with van der Waals surface area (Å²) in [6.07, 6.45) is 3.02. The maximum Gasteiger partial charge on any atom is 0.329 e. The van der Waals surface area contributed by atoms with Crippen molar-refractivity contribution in [2.24, 2.45) is 0 Å². The first-order valence-corrected chi connectivity index (χ1v) is 7.69. The number of hydrogen-bond acceptors (Lipinski definition) is 3. The number of nitrogens with zero attached hydrogens (tertiary/aromatic N) is 1. The van der Waals surface area contributed by atoms with Gasteiger partial charge >= 0.3 is 6.03 Å². The van der Waals surface area contributed by atoms with Crippen LogP contribution in [0.1, 0.15) is 5.76 Å². The first-order chi connectivity index (χ1) is 11.1. The SMILES string of the molecule is C=CCN1C(=O)N/C(=C\c2ccc(-c3cccc(Br)c3)o2)C1=O. The van der Waals surface area contributed by atoms with Gasteiger partial charge in [-0.3, -0.25) is 9.69 Å². The molecule has 1 aliphatic rings. The molecule has 2 heterocycles. The maximum absolute atomic E-state index is 12.1. The highest BCUT2D eigenvalue weighted by Crippen LogP contribution is 2.26. The van der Waals surface area contributed by atoms with Crippen molar-refractivity contribution >= 4 is 33.9 Å². The van der Waals surface area contributed by atoms with Crippen molar-refractivity contribution < 1.29 is 14.0 Å². The van der Waals surface area contributed by atoms with E-state index in [1.165, 1.54) is 12.2 Å². The third-order valence-electron chi connectivity index (χ3n) is 3.30. The van der Waals surface area contributed by atoms with Crippen LogP contribution in [0.2, 0.25) is 0 Å². The number of urea groups is 1. The number of hydrogen-bond donors (Lipinski definition) is 1. The number of rotatable bonds is 4. The van der Waals surface area contributed by atoms with Crippen LogP contribution in [0.4, 0.5) is 4.79 Å². The van der Waals surface area contributed by atoms with Gasteiger partial charge in [0.25, 0.3) is 5.91 Å². The zero-order chi connectivity index (χ0) is 16.4. The zero-order valence-corrected chi connectivity index (χ0v) is 13.7. The quantitative estimate of drug-likeness (QED) is 0.504. The molecule has 1 N–H and O–H groups in total. The van der Waals surface area contributed by atoms with E-state index in [4.69, 9.17) is 4.42 Å². The van der Waals surface area contributed by atoms with Gasteiger partial charge in [-0.2, -0.15) is 0 Å². The van der Waals surface area contributed by atoms with E-state index in [0.717, 1.165) is 14.9 Å².